The van der Waals surface area contributed by atoms with Crippen LogP contribution >= 0.6 is 0 Å². The molecule has 2 atom stereocenters. The zero-order chi connectivity index (χ0) is 11.8. The van der Waals surface area contributed by atoms with Gasteiger partial charge in [-0.05, 0) is 26.2 Å². The van der Waals surface area contributed by atoms with Crippen LogP contribution in [0, 0.1) is 0 Å². The minimum atomic E-state index is -1.02. The first-order valence-corrected chi connectivity index (χ1v) is 5.47. The van der Waals surface area contributed by atoms with Crippen LogP contribution in [-0.2, 0) is 9.53 Å². The summed E-state index contributed by atoms with van der Waals surface area (Å²) in [5.41, 5.74) is -1.02. The van der Waals surface area contributed by atoms with Gasteiger partial charge in [0.25, 0.3) is 0 Å². The Hall–Kier alpha value is -1.30. The molecule has 2 fully saturated rings. The number of amides is 2. The van der Waals surface area contributed by atoms with Crippen LogP contribution in [0.1, 0.15) is 26.2 Å². The number of carboxylic acids is 1. The van der Waals surface area contributed by atoms with Crippen LogP contribution < -0.4 is 10.6 Å². The summed E-state index contributed by atoms with van der Waals surface area (Å²) in [6.07, 6.45) is 1.78. The fourth-order valence-corrected chi connectivity index (χ4v) is 1.86. The van der Waals surface area contributed by atoms with E-state index >= 15 is 0 Å². The second-order valence-corrected chi connectivity index (χ2v) is 4.46. The maximum Gasteiger partial charge on any atom is 0.329 e. The van der Waals surface area contributed by atoms with E-state index in [9.17, 15) is 9.59 Å². The number of nitrogens with one attached hydrogen (secondary N) is 2. The lowest BCUT2D eigenvalue weighted by Gasteiger charge is -2.19. The minimum Gasteiger partial charge on any atom is -0.480 e. The highest BCUT2D eigenvalue weighted by Gasteiger charge is 2.51. The fraction of sp³-hybridized carbons (Fsp3) is 0.800. The van der Waals surface area contributed by atoms with E-state index in [1.54, 1.807) is 0 Å². The molecule has 0 spiro atoms. The van der Waals surface area contributed by atoms with Gasteiger partial charge in [-0.3, -0.25) is 0 Å². The van der Waals surface area contributed by atoms with Gasteiger partial charge in [-0.15, -0.1) is 0 Å². The SMILES string of the molecule is CC1OCCC1NC(=O)NC1(C(=O)O)CC1. The molecule has 1 aliphatic carbocycles. The van der Waals surface area contributed by atoms with Crippen molar-refractivity contribution in [2.24, 2.45) is 0 Å². The Morgan fingerprint density at radius 2 is 2.12 bits per heavy atom. The molecule has 0 aromatic heterocycles. The zero-order valence-electron chi connectivity index (χ0n) is 9.16. The summed E-state index contributed by atoms with van der Waals surface area (Å²) >= 11 is 0. The van der Waals surface area contributed by atoms with Crippen molar-refractivity contribution < 1.29 is 19.4 Å². The quantitative estimate of drug-likeness (QED) is 0.638. The Balaban J connectivity index is 1.83. The Morgan fingerprint density at radius 3 is 2.56 bits per heavy atom. The molecule has 0 bridgehead atoms. The normalized spacial score (nSPS) is 30.8. The number of carboxylic acid groups (broad SMARTS) is 1. The second-order valence-electron chi connectivity index (χ2n) is 4.46. The Labute approximate surface area is 93.3 Å². The molecule has 2 unspecified atom stereocenters. The van der Waals surface area contributed by atoms with Gasteiger partial charge in [0.1, 0.15) is 5.54 Å². The molecule has 0 aromatic carbocycles. The summed E-state index contributed by atoms with van der Waals surface area (Å²) in [5, 5.41) is 14.1. The Kier molecular flexibility index (Phi) is 2.75. The topological polar surface area (TPSA) is 87.7 Å². The number of aliphatic carboxylic acids is 1. The first-order valence-electron chi connectivity index (χ1n) is 5.47. The Morgan fingerprint density at radius 1 is 1.44 bits per heavy atom. The van der Waals surface area contributed by atoms with E-state index in [2.05, 4.69) is 10.6 Å². The molecule has 3 N–H and O–H groups in total. The highest BCUT2D eigenvalue weighted by molar-refractivity contribution is 5.89. The van der Waals surface area contributed by atoms with Crippen LogP contribution in [0.3, 0.4) is 0 Å². The lowest BCUT2D eigenvalue weighted by Crippen LogP contribution is -2.51. The van der Waals surface area contributed by atoms with E-state index in [-0.39, 0.29) is 12.1 Å². The van der Waals surface area contributed by atoms with Crippen LogP contribution in [-0.4, -0.2) is 41.4 Å². The third kappa shape index (κ3) is 2.11. The van der Waals surface area contributed by atoms with Crippen molar-refractivity contribution in [2.75, 3.05) is 6.61 Å². The molecular formula is C10H16N2O4. The van der Waals surface area contributed by atoms with Crippen molar-refractivity contribution in [2.45, 2.75) is 43.9 Å². The average molecular weight is 228 g/mol. The number of rotatable bonds is 3. The van der Waals surface area contributed by atoms with Crippen LogP contribution in [0.15, 0.2) is 0 Å². The number of ether oxygens (including phenoxy) is 1. The largest absolute Gasteiger partial charge is 0.480 e. The molecule has 1 aliphatic heterocycles. The molecule has 16 heavy (non-hydrogen) atoms. The summed E-state index contributed by atoms with van der Waals surface area (Å²) in [5.74, 6) is -0.960. The third-order valence-corrected chi connectivity index (χ3v) is 3.20. The van der Waals surface area contributed by atoms with Gasteiger partial charge in [0.05, 0.1) is 12.1 Å². The number of hydrogen-bond donors (Lipinski definition) is 3. The first kappa shape index (κ1) is 11.2. The predicted octanol–water partition coefficient (Wildman–Crippen LogP) is 0.0802. The summed E-state index contributed by atoms with van der Waals surface area (Å²) in [6.45, 7) is 2.53. The summed E-state index contributed by atoms with van der Waals surface area (Å²) in [6, 6.07) is -0.438. The van der Waals surface area contributed by atoms with E-state index < -0.39 is 17.5 Å². The van der Waals surface area contributed by atoms with Crippen molar-refractivity contribution >= 4 is 12.0 Å². The Bertz CT molecular complexity index is 314. The van der Waals surface area contributed by atoms with Gasteiger partial charge in [0.15, 0.2) is 0 Å². The predicted molar refractivity (Wildman–Crippen MR) is 55.1 cm³/mol. The van der Waals surface area contributed by atoms with E-state index in [1.165, 1.54) is 0 Å². The van der Waals surface area contributed by atoms with Crippen LogP contribution in [0.5, 0.6) is 0 Å². The van der Waals surface area contributed by atoms with Crippen molar-refractivity contribution in [1.82, 2.24) is 10.6 Å². The number of urea groups is 1. The van der Waals surface area contributed by atoms with E-state index in [1.807, 2.05) is 6.92 Å². The van der Waals surface area contributed by atoms with Gasteiger partial charge in [0, 0.05) is 6.61 Å². The highest BCUT2D eigenvalue weighted by Crippen LogP contribution is 2.35. The minimum absolute atomic E-state index is 0.00858. The lowest BCUT2D eigenvalue weighted by molar-refractivity contribution is -0.140. The van der Waals surface area contributed by atoms with E-state index in [0.29, 0.717) is 19.4 Å². The maximum absolute atomic E-state index is 11.6. The molecule has 0 aromatic rings. The number of carbonyl (C=O) groups excluding carboxylic acids is 1. The molecule has 1 heterocycles. The molecule has 2 aliphatic rings. The van der Waals surface area contributed by atoms with Gasteiger partial charge in [0.2, 0.25) is 0 Å². The molecule has 6 heteroatoms. The standard InChI is InChI=1S/C10H16N2O4/c1-6-7(2-5-16-6)11-9(15)12-10(3-4-10)8(13)14/h6-7H,2-5H2,1H3,(H,13,14)(H2,11,12,15). The number of carbonyl (C=O) groups is 2. The summed E-state index contributed by atoms with van der Waals surface area (Å²) in [4.78, 5) is 22.4. The van der Waals surface area contributed by atoms with Crippen LogP contribution in [0.4, 0.5) is 4.79 Å². The monoisotopic (exact) mass is 228 g/mol. The average Bonchev–Trinajstić information content (AvgIpc) is 2.88. The first-order chi connectivity index (χ1) is 7.53. The van der Waals surface area contributed by atoms with Gasteiger partial charge >= 0.3 is 12.0 Å². The van der Waals surface area contributed by atoms with Crippen molar-refractivity contribution in [1.29, 1.82) is 0 Å². The van der Waals surface area contributed by atoms with Crippen molar-refractivity contribution in [3.8, 4) is 0 Å². The molecule has 6 nitrogen and oxygen atoms in total. The molecule has 2 amide bonds. The van der Waals surface area contributed by atoms with Gasteiger partial charge in [-0.1, -0.05) is 0 Å². The van der Waals surface area contributed by atoms with Gasteiger partial charge in [-0.25, -0.2) is 9.59 Å². The zero-order valence-corrected chi connectivity index (χ0v) is 9.16. The van der Waals surface area contributed by atoms with Gasteiger partial charge in [-0.2, -0.15) is 0 Å². The highest BCUT2D eigenvalue weighted by atomic mass is 16.5. The maximum atomic E-state index is 11.6. The molecule has 2 rings (SSSR count). The molecular weight excluding hydrogens is 212 g/mol. The summed E-state index contributed by atoms with van der Waals surface area (Å²) in [7, 11) is 0. The second kappa shape index (κ2) is 3.93. The molecule has 1 saturated heterocycles. The van der Waals surface area contributed by atoms with Crippen molar-refractivity contribution in [3.05, 3.63) is 0 Å². The molecule has 0 radical (unpaired) electrons. The lowest BCUT2D eigenvalue weighted by atomic mass is 10.1. The molecule has 1 saturated carbocycles. The summed E-state index contributed by atoms with van der Waals surface area (Å²) < 4.78 is 5.30. The smallest absolute Gasteiger partial charge is 0.329 e. The number of hydrogen-bond acceptors (Lipinski definition) is 3. The third-order valence-electron chi connectivity index (χ3n) is 3.20. The van der Waals surface area contributed by atoms with Crippen molar-refractivity contribution in [3.63, 3.8) is 0 Å². The van der Waals surface area contributed by atoms with Crippen LogP contribution in [0.25, 0.3) is 0 Å². The fourth-order valence-electron chi connectivity index (χ4n) is 1.86. The van der Waals surface area contributed by atoms with E-state index in [4.69, 9.17) is 9.84 Å². The molecule has 90 valence electrons. The van der Waals surface area contributed by atoms with E-state index in [0.717, 1.165) is 6.42 Å². The van der Waals surface area contributed by atoms with Gasteiger partial charge < -0.3 is 20.5 Å². The van der Waals surface area contributed by atoms with Crippen LogP contribution in [0.2, 0.25) is 0 Å².